The van der Waals surface area contributed by atoms with E-state index in [-0.39, 0.29) is 23.5 Å². The van der Waals surface area contributed by atoms with E-state index in [4.69, 9.17) is 0 Å². The number of amides is 1. The van der Waals surface area contributed by atoms with Gasteiger partial charge in [-0.05, 0) is 19.3 Å². The van der Waals surface area contributed by atoms with Crippen molar-refractivity contribution in [1.82, 2.24) is 14.9 Å². The molecule has 0 aromatic carbocycles. The average molecular weight is 352 g/mol. The molecule has 2 aliphatic heterocycles. The lowest BCUT2D eigenvalue weighted by molar-refractivity contribution is 0.0747. The van der Waals surface area contributed by atoms with E-state index in [0.29, 0.717) is 17.9 Å². The summed E-state index contributed by atoms with van der Waals surface area (Å²) in [5, 5.41) is 0. The van der Waals surface area contributed by atoms with Crippen LogP contribution in [0.2, 0.25) is 0 Å². The maximum Gasteiger partial charge on any atom is 0.257 e. The number of hydrogen-bond acceptors (Lipinski definition) is 6. The van der Waals surface area contributed by atoms with Gasteiger partial charge in [-0.15, -0.1) is 0 Å². The van der Waals surface area contributed by atoms with Gasteiger partial charge in [0, 0.05) is 38.6 Å². The number of carbonyl (C=O) groups excluding carboxylic acids is 1. The SMILES string of the molecule is CN(C(=O)c1cnc(N2CCCCCC2)nc1)C1CCS(=O)(=O)C1. The number of rotatable bonds is 3. The van der Waals surface area contributed by atoms with Crippen molar-refractivity contribution in [3.8, 4) is 0 Å². The van der Waals surface area contributed by atoms with Crippen molar-refractivity contribution >= 4 is 21.7 Å². The Labute approximate surface area is 143 Å². The third kappa shape index (κ3) is 3.85. The number of nitrogens with zero attached hydrogens (tertiary/aromatic N) is 4. The first-order valence-corrected chi connectivity index (χ1v) is 10.3. The normalized spacial score (nSPS) is 23.7. The lowest BCUT2D eigenvalue weighted by atomic mass is 10.2. The zero-order chi connectivity index (χ0) is 17.2. The van der Waals surface area contributed by atoms with E-state index in [1.807, 2.05) is 0 Å². The van der Waals surface area contributed by atoms with Gasteiger partial charge in [-0.2, -0.15) is 0 Å². The number of sulfone groups is 1. The lowest BCUT2D eigenvalue weighted by Crippen LogP contribution is -2.38. The Kier molecular flexibility index (Phi) is 5.03. The molecule has 0 saturated carbocycles. The quantitative estimate of drug-likeness (QED) is 0.810. The monoisotopic (exact) mass is 352 g/mol. The summed E-state index contributed by atoms with van der Waals surface area (Å²) in [6.07, 6.45) is 8.36. The topological polar surface area (TPSA) is 83.5 Å². The third-order valence-electron chi connectivity index (χ3n) is 4.85. The Hall–Kier alpha value is -1.70. The molecule has 1 aromatic rings. The van der Waals surface area contributed by atoms with Gasteiger partial charge in [0.05, 0.1) is 17.1 Å². The largest absolute Gasteiger partial charge is 0.341 e. The maximum absolute atomic E-state index is 12.5. The first kappa shape index (κ1) is 17.1. The molecular formula is C16H24N4O3S. The molecule has 0 bridgehead atoms. The molecule has 0 aliphatic carbocycles. The van der Waals surface area contributed by atoms with Crippen LogP contribution in [0.15, 0.2) is 12.4 Å². The summed E-state index contributed by atoms with van der Waals surface area (Å²) in [4.78, 5) is 24.9. The van der Waals surface area contributed by atoms with Gasteiger partial charge in [0.2, 0.25) is 5.95 Å². The van der Waals surface area contributed by atoms with Gasteiger partial charge in [0.15, 0.2) is 9.84 Å². The molecular weight excluding hydrogens is 328 g/mol. The minimum Gasteiger partial charge on any atom is -0.341 e. The summed E-state index contributed by atoms with van der Waals surface area (Å²) in [5.41, 5.74) is 0.403. The lowest BCUT2D eigenvalue weighted by Gasteiger charge is -2.24. The number of aromatic nitrogens is 2. The highest BCUT2D eigenvalue weighted by molar-refractivity contribution is 7.91. The van der Waals surface area contributed by atoms with Crippen LogP contribution in [0.3, 0.4) is 0 Å². The van der Waals surface area contributed by atoms with Gasteiger partial charge in [-0.25, -0.2) is 18.4 Å². The zero-order valence-electron chi connectivity index (χ0n) is 14.0. The molecule has 2 fully saturated rings. The second-order valence-corrected chi connectivity index (χ2v) is 8.87. The van der Waals surface area contributed by atoms with E-state index in [1.54, 1.807) is 19.4 Å². The van der Waals surface area contributed by atoms with Crippen molar-refractivity contribution in [2.75, 3.05) is 36.5 Å². The van der Waals surface area contributed by atoms with Crippen molar-refractivity contribution in [3.63, 3.8) is 0 Å². The minimum atomic E-state index is -3.01. The highest BCUT2D eigenvalue weighted by atomic mass is 32.2. The van der Waals surface area contributed by atoms with E-state index in [0.717, 1.165) is 25.9 Å². The molecule has 2 aliphatic rings. The van der Waals surface area contributed by atoms with E-state index >= 15 is 0 Å². The van der Waals surface area contributed by atoms with Gasteiger partial charge in [0.1, 0.15) is 0 Å². The Morgan fingerprint density at radius 3 is 2.33 bits per heavy atom. The van der Waals surface area contributed by atoms with Crippen LogP contribution in [0.5, 0.6) is 0 Å². The molecule has 0 spiro atoms. The van der Waals surface area contributed by atoms with Crippen LogP contribution < -0.4 is 4.90 Å². The number of hydrogen-bond donors (Lipinski definition) is 0. The summed E-state index contributed by atoms with van der Waals surface area (Å²) in [6.45, 7) is 1.90. The van der Waals surface area contributed by atoms with Crippen LogP contribution in [-0.4, -0.2) is 66.9 Å². The molecule has 3 rings (SSSR count). The predicted octanol–water partition coefficient (Wildman–Crippen LogP) is 1.12. The smallest absolute Gasteiger partial charge is 0.257 e. The molecule has 1 atom stereocenters. The summed E-state index contributed by atoms with van der Waals surface area (Å²) >= 11 is 0. The molecule has 0 radical (unpaired) electrons. The van der Waals surface area contributed by atoms with E-state index < -0.39 is 9.84 Å². The summed E-state index contributed by atoms with van der Waals surface area (Å²) in [6, 6.07) is -0.257. The Bertz CT molecular complexity index is 682. The number of anilines is 1. The molecule has 1 aromatic heterocycles. The van der Waals surface area contributed by atoms with Gasteiger partial charge in [0.25, 0.3) is 5.91 Å². The second-order valence-electron chi connectivity index (χ2n) is 6.65. The molecule has 1 unspecified atom stereocenters. The zero-order valence-corrected chi connectivity index (χ0v) is 14.8. The fourth-order valence-corrected chi connectivity index (χ4v) is 5.09. The summed E-state index contributed by atoms with van der Waals surface area (Å²) in [5.74, 6) is 0.640. The van der Waals surface area contributed by atoms with Gasteiger partial charge in [-0.1, -0.05) is 12.8 Å². The second kappa shape index (κ2) is 7.04. The van der Waals surface area contributed by atoms with E-state index in [1.165, 1.54) is 17.7 Å². The third-order valence-corrected chi connectivity index (χ3v) is 6.60. The van der Waals surface area contributed by atoms with Crippen LogP contribution in [0.25, 0.3) is 0 Å². The van der Waals surface area contributed by atoms with Crippen molar-refractivity contribution in [2.45, 2.75) is 38.1 Å². The van der Waals surface area contributed by atoms with Crippen molar-refractivity contribution < 1.29 is 13.2 Å². The van der Waals surface area contributed by atoms with Crippen molar-refractivity contribution in [2.24, 2.45) is 0 Å². The van der Waals surface area contributed by atoms with Gasteiger partial charge in [-0.3, -0.25) is 4.79 Å². The van der Waals surface area contributed by atoms with Crippen LogP contribution >= 0.6 is 0 Å². The van der Waals surface area contributed by atoms with Crippen LogP contribution in [0.1, 0.15) is 42.5 Å². The molecule has 24 heavy (non-hydrogen) atoms. The highest BCUT2D eigenvalue weighted by Gasteiger charge is 2.33. The molecule has 2 saturated heterocycles. The highest BCUT2D eigenvalue weighted by Crippen LogP contribution is 2.19. The predicted molar refractivity (Wildman–Crippen MR) is 91.9 cm³/mol. The first-order valence-electron chi connectivity index (χ1n) is 8.51. The molecule has 132 valence electrons. The molecule has 8 heteroatoms. The molecule has 7 nitrogen and oxygen atoms in total. The first-order chi connectivity index (χ1) is 11.5. The molecule has 3 heterocycles. The van der Waals surface area contributed by atoms with Crippen molar-refractivity contribution in [3.05, 3.63) is 18.0 Å². The average Bonchev–Trinajstić information content (AvgIpc) is 2.79. The summed E-state index contributed by atoms with van der Waals surface area (Å²) < 4.78 is 23.2. The van der Waals surface area contributed by atoms with Crippen molar-refractivity contribution in [1.29, 1.82) is 0 Å². The Balaban J connectivity index is 1.67. The van der Waals surface area contributed by atoms with Crippen LogP contribution in [-0.2, 0) is 9.84 Å². The Morgan fingerprint density at radius 1 is 1.17 bits per heavy atom. The van der Waals surface area contributed by atoms with Gasteiger partial charge < -0.3 is 9.80 Å². The summed E-state index contributed by atoms with van der Waals surface area (Å²) in [7, 11) is -1.36. The van der Waals surface area contributed by atoms with Crippen LogP contribution in [0.4, 0.5) is 5.95 Å². The molecule has 1 amide bonds. The van der Waals surface area contributed by atoms with E-state index in [9.17, 15) is 13.2 Å². The maximum atomic E-state index is 12.5. The van der Waals surface area contributed by atoms with Crippen LogP contribution in [0, 0.1) is 0 Å². The fraction of sp³-hybridized carbons (Fsp3) is 0.688. The number of carbonyl (C=O) groups is 1. The molecule has 0 N–H and O–H groups in total. The minimum absolute atomic E-state index is 0.0436. The fourth-order valence-electron chi connectivity index (χ4n) is 3.32. The van der Waals surface area contributed by atoms with E-state index in [2.05, 4.69) is 14.9 Å². The van der Waals surface area contributed by atoms with Gasteiger partial charge >= 0.3 is 0 Å². The Morgan fingerprint density at radius 2 is 1.79 bits per heavy atom. The standard InChI is InChI=1S/C16H24N4O3S/c1-19(14-6-9-24(22,23)12-14)15(21)13-10-17-16(18-11-13)20-7-4-2-3-5-8-20/h10-11,14H,2-9,12H2,1H3.